The number of rotatable bonds is 12. The molecule has 2 unspecified atom stereocenters. The van der Waals surface area contributed by atoms with Crippen molar-refractivity contribution in [3.63, 3.8) is 0 Å². The van der Waals surface area contributed by atoms with Gasteiger partial charge in [-0.25, -0.2) is 0 Å². The number of benzene rings is 5. The molecule has 3 heteroatoms. The Kier molecular flexibility index (Phi) is 10.7. The quantitative estimate of drug-likeness (QED) is 0.128. The number of hydrogen-bond acceptors (Lipinski definition) is 2. The summed E-state index contributed by atoms with van der Waals surface area (Å²) < 4.78 is 6.77. The van der Waals surface area contributed by atoms with Crippen LogP contribution in [0.5, 0.6) is 5.75 Å². The predicted octanol–water partition coefficient (Wildman–Crippen LogP) is 11.0. The van der Waals surface area contributed by atoms with Crippen LogP contribution in [0.4, 0.5) is 5.69 Å². The summed E-state index contributed by atoms with van der Waals surface area (Å²) in [6, 6.07) is 43.9. The van der Waals surface area contributed by atoms with Crippen LogP contribution in [0.3, 0.4) is 0 Å². The van der Waals surface area contributed by atoms with Crippen LogP contribution in [0.15, 0.2) is 121 Å². The highest BCUT2D eigenvalue weighted by Crippen LogP contribution is 2.51. The van der Waals surface area contributed by atoms with Gasteiger partial charge in [0, 0.05) is 29.5 Å². The first kappa shape index (κ1) is 33.5. The monoisotopic (exact) mass is 627 g/mol. The Bertz CT molecular complexity index is 1670. The van der Waals surface area contributed by atoms with Gasteiger partial charge in [-0.1, -0.05) is 158 Å². The summed E-state index contributed by atoms with van der Waals surface area (Å²) in [5.74, 6) is 1.04. The average molecular weight is 628 g/mol. The van der Waals surface area contributed by atoms with Crippen LogP contribution < -0.4 is 14.9 Å². The molecule has 46 heavy (non-hydrogen) atoms. The van der Waals surface area contributed by atoms with Crippen molar-refractivity contribution in [1.29, 1.82) is 0 Å². The lowest BCUT2D eigenvalue weighted by atomic mass is 9.82. The lowest BCUT2D eigenvalue weighted by molar-refractivity contribution is 0.297. The van der Waals surface area contributed by atoms with Gasteiger partial charge in [-0.3, -0.25) is 0 Å². The van der Waals surface area contributed by atoms with E-state index in [1.807, 2.05) is 0 Å². The molecule has 2 atom stereocenters. The van der Waals surface area contributed by atoms with Crippen molar-refractivity contribution in [3.05, 3.63) is 160 Å². The highest BCUT2D eigenvalue weighted by atomic mass is 31.1. The molecule has 0 saturated heterocycles. The van der Waals surface area contributed by atoms with Gasteiger partial charge < -0.3 is 9.64 Å². The second kappa shape index (κ2) is 14.7. The molecular weight excluding hydrogens is 577 g/mol. The summed E-state index contributed by atoms with van der Waals surface area (Å²) in [7, 11) is 0.560. The second-order valence-electron chi connectivity index (χ2n) is 13.8. The van der Waals surface area contributed by atoms with E-state index >= 15 is 0 Å². The van der Waals surface area contributed by atoms with Gasteiger partial charge in [0.2, 0.25) is 0 Å². The van der Waals surface area contributed by atoms with Gasteiger partial charge in [0.15, 0.2) is 0 Å². The number of ether oxygens (including phenoxy) is 1. The standard InChI is InChI=1S/C43H50NOP/c1-8-43(7,38-28-37(42(4,5)6)27-33(3)40(38)45-31-36-24-16-11-17-25-36)46-41-32(2)19-18-26-39(41)44(29-34-20-12-9-13-21-34)30-35-22-14-10-15-23-35/h9-28,46H,8,29-31H2,1-7H3. The summed E-state index contributed by atoms with van der Waals surface area (Å²) in [5, 5.41) is 1.32. The first-order valence-corrected chi connectivity index (χ1v) is 17.6. The Balaban J connectivity index is 1.60. The molecule has 0 aliphatic carbocycles. The second-order valence-corrected chi connectivity index (χ2v) is 15.7. The van der Waals surface area contributed by atoms with Gasteiger partial charge in [0.25, 0.3) is 0 Å². The molecule has 0 spiro atoms. The van der Waals surface area contributed by atoms with Gasteiger partial charge in [-0.2, -0.15) is 0 Å². The summed E-state index contributed by atoms with van der Waals surface area (Å²) in [5.41, 5.74) is 10.4. The minimum atomic E-state index is -0.121. The molecule has 0 N–H and O–H groups in total. The number of nitrogens with zero attached hydrogens (tertiary/aromatic N) is 1. The Hall–Kier alpha value is -3.87. The van der Waals surface area contributed by atoms with Crippen LogP contribution in [-0.2, 0) is 30.3 Å². The molecule has 2 nitrogen and oxygen atoms in total. The molecule has 0 radical (unpaired) electrons. The van der Waals surface area contributed by atoms with E-state index in [1.54, 1.807) is 0 Å². The van der Waals surface area contributed by atoms with E-state index in [1.165, 1.54) is 49.9 Å². The van der Waals surface area contributed by atoms with E-state index in [0.29, 0.717) is 15.2 Å². The SMILES string of the molecule is CCC(C)(Pc1c(C)cccc1N(Cc1ccccc1)Cc1ccccc1)c1cc(C(C)(C)C)cc(C)c1OCc1ccccc1. The zero-order valence-electron chi connectivity index (χ0n) is 28.7. The largest absolute Gasteiger partial charge is 0.488 e. The van der Waals surface area contributed by atoms with E-state index in [2.05, 4.69) is 175 Å². The van der Waals surface area contributed by atoms with Crippen molar-refractivity contribution in [1.82, 2.24) is 0 Å². The molecule has 238 valence electrons. The minimum absolute atomic E-state index is 0.0330. The fourth-order valence-electron chi connectivity index (χ4n) is 6.07. The molecule has 5 rings (SSSR count). The van der Waals surface area contributed by atoms with Crippen LogP contribution in [0.2, 0.25) is 0 Å². The Morgan fingerprint density at radius 1 is 0.630 bits per heavy atom. The van der Waals surface area contributed by atoms with Crippen LogP contribution >= 0.6 is 8.58 Å². The maximum Gasteiger partial charge on any atom is 0.126 e. The van der Waals surface area contributed by atoms with E-state index < -0.39 is 0 Å². The first-order chi connectivity index (χ1) is 22.1. The maximum atomic E-state index is 6.77. The van der Waals surface area contributed by atoms with Gasteiger partial charge in [-0.15, -0.1) is 0 Å². The first-order valence-electron chi connectivity index (χ1n) is 16.6. The molecule has 5 aromatic rings. The van der Waals surface area contributed by atoms with Crippen LogP contribution in [-0.4, -0.2) is 0 Å². The Morgan fingerprint density at radius 3 is 1.70 bits per heavy atom. The van der Waals surface area contributed by atoms with Gasteiger partial charge >= 0.3 is 0 Å². The van der Waals surface area contributed by atoms with Gasteiger partial charge in [0.1, 0.15) is 12.4 Å². The molecule has 0 aromatic heterocycles. The summed E-state index contributed by atoms with van der Waals surface area (Å²) in [6.45, 7) is 18.5. The summed E-state index contributed by atoms with van der Waals surface area (Å²) in [4.78, 5) is 2.57. The van der Waals surface area contributed by atoms with Crippen LogP contribution in [0, 0.1) is 13.8 Å². The molecule has 0 saturated carbocycles. The van der Waals surface area contributed by atoms with E-state index in [0.717, 1.165) is 25.3 Å². The molecule has 0 aliphatic rings. The van der Waals surface area contributed by atoms with Crippen molar-refractivity contribution in [2.75, 3.05) is 4.90 Å². The molecule has 0 bridgehead atoms. The van der Waals surface area contributed by atoms with Gasteiger partial charge in [0.05, 0.1) is 0 Å². The van der Waals surface area contributed by atoms with Crippen molar-refractivity contribution in [2.24, 2.45) is 0 Å². The fraction of sp³-hybridized carbons (Fsp3) is 0.302. The highest BCUT2D eigenvalue weighted by Gasteiger charge is 2.33. The summed E-state index contributed by atoms with van der Waals surface area (Å²) in [6.07, 6.45) is 1.01. The van der Waals surface area contributed by atoms with Crippen LogP contribution in [0.1, 0.15) is 80.0 Å². The van der Waals surface area contributed by atoms with Gasteiger partial charge in [-0.05, 0) is 70.4 Å². The number of aryl methyl sites for hydroxylation is 2. The van der Waals surface area contributed by atoms with E-state index in [4.69, 9.17) is 4.74 Å². The normalized spacial score (nSPS) is 13.1. The Labute approximate surface area is 279 Å². The van der Waals surface area contributed by atoms with Crippen molar-refractivity contribution >= 4 is 19.6 Å². The third kappa shape index (κ3) is 8.09. The van der Waals surface area contributed by atoms with E-state index in [9.17, 15) is 0 Å². The van der Waals surface area contributed by atoms with Crippen LogP contribution in [0.25, 0.3) is 0 Å². The van der Waals surface area contributed by atoms with E-state index in [-0.39, 0.29) is 10.6 Å². The lowest BCUT2D eigenvalue weighted by Gasteiger charge is -2.36. The minimum Gasteiger partial charge on any atom is -0.488 e. The topological polar surface area (TPSA) is 12.5 Å². The highest BCUT2D eigenvalue weighted by molar-refractivity contribution is 7.49. The third-order valence-electron chi connectivity index (χ3n) is 9.09. The predicted molar refractivity (Wildman–Crippen MR) is 200 cm³/mol. The maximum absolute atomic E-state index is 6.77. The number of anilines is 1. The fourth-order valence-corrected chi connectivity index (χ4v) is 7.77. The average Bonchev–Trinajstić information content (AvgIpc) is 3.05. The molecule has 5 aromatic carbocycles. The number of hydrogen-bond donors (Lipinski definition) is 0. The van der Waals surface area contributed by atoms with Crippen molar-refractivity contribution in [3.8, 4) is 5.75 Å². The van der Waals surface area contributed by atoms with Crippen molar-refractivity contribution < 1.29 is 4.74 Å². The molecular formula is C43H50NOP. The zero-order chi connectivity index (χ0) is 32.7. The molecule has 0 fully saturated rings. The molecule has 0 heterocycles. The lowest BCUT2D eigenvalue weighted by Crippen LogP contribution is -2.29. The Morgan fingerprint density at radius 2 is 1.17 bits per heavy atom. The molecule has 0 aliphatic heterocycles. The molecule has 0 amide bonds. The zero-order valence-corrected chi connectivity index (χ0v) is 29.7. The third-order valence-corrected chi connectivity index (χ3v) is 11.2. The smallest absolute Gasteiger partial charge is 0.126 e. The summed E-state index contributed by atoms with van der Waals surface area (Å²) >= 11 is 0. The van der Waals surface area contributed by atoms with Crippen molar-refractivity contribution in [2.45, 2.75) is 85.2 Å².